The standard InChI is InChI=1S/C13H10N4OS/c18-6-7-19-13-15-12(16-17-13)11-3-1-2-9-8-14-5-4-10(9)11/h1-6,8H,7H2,(H,15,16,17). The highest BCUT2D eigenvalue weighted by Crippen LogP contribution is 2.26. The maximum Gasteiger partial charge on any atom is 0.209 e. The summed E-state index contributed by atoms with van der Waals surface area (Å²) in [6.07, 6.45) is 4.41. The molecule has 1 aromatic carbocycles. The number of fused-ring (bicyclic) bond motifs is 1. The molecule has 5 nitrogen and oxygen atoms in total. The fourth-order valence-corrected chi connectivity index (χ4v) is 2.35. The van der Waals surface area contributed by atoms with Gasteiger partial charge >= 0.3 is 0 Å². The molecule has 94 valence electrons. The van der Waals surface area contributed by atoms with Crippen molar-refractivity contribution >= 4 is 28.8 Å². The minimum Gasteiger partial charge on any atom is -0.302 e. The van der Waals surface area contributed by atoms with Crippen LogP contribution in [0.15, 0.2) is 41.8 Å². The Kier molecular flexibility index (Phi) is 3.24. The molecule has 0 saturated carbocycles. The molecule has 0 fully saturated rings. The van der Waals surface area contributed by atoms with E-state index >= 15 is 0 Å². The average molecular weight is 270 g/mol. The molecule has 0 atom stereocenters. The number of aromatic nitrogens is 4. The molecule has 0 bridgehead atoms. The number of aldehydes is 1. The first-order valence-corrected chi connectivity index (χ1v) is 6.69. The minimum atomic E-state index is 0.358. The number of rotatable bonds is 4. The highest BCUT2D eigenvalue weighted by atomic mass is 32.2. The number of pyridine rings is 1. The monoisotopic (exact) mass is 270 g/mol. The van der Waals surface area contributed by atoms with Crippen molar-refractivity contribution in [2.45, 2.75) is 5.16 Å². The Labute approximate surface area is 113 Å². The zero-order valence-corrected chi connectivity index (χ0v) is 10.7. The van der Waals surface area contributed by atoms with E-state index in [1.165, 1.54) is 11.8 Å². The third-order valence-electron chi connectivity index (χ3n) is 2.68. The van der Waals surface area contributed by atoms with Crippen molar-refractivity contribution in [2.24, 2.45) is 0 Å². The summed E-state index contributed by atoms with van der Waals surface area (Å²) < 4.78 is 0. The summed E-state index contributed by atoms with van der Waals surface area (Å²) in [5.74, 6) is 1.06. The largest absolute Gasteiger partial charge is 0.302 e. The van der Waals surface area contributed by atoms with E-state index in [4.69, 9.17) is 0 Å². The third kappa shape index (κ3) is 2.34. The van der Waals surface area contributed by atoms with Crippen LogP contribution in [-0.2, 0) is 4.79 Å². The number of hydrogen-bond donors (Lipinski definition) is 1. The predicted molar refractivity (Wildman–Crippen MR) is 73.9 cm³/mol. The molecular weight excluding hydrogens is 260 g/mol. The van der Waals surface area contributed by atoms with Crippen molar-refractivity contribution in [1.29, 1.82) is 0 Å². The van der Waals surface area contributed by atoms with Crippen LogP contribution in [0.1, 0.15) is 0 Å². The lowest BCUT2D eigenvalue weighted by atomic mass is 10.1. The number of H-pyrrole nitrogens is 1. The van der Waals surface area contributed by atoms with E-state index in [9.17, 15) is 4.79 Å². The molecule has 0 amide bonds. The van der Waals surface area contributed by atoms with Gasteiger partial charge in [0.05, 0.1) is 5.75 Å². The summed E-state index contributed by atoms with van der Waals surface area (Å²) >= 11 is 1.31. The van der Waals surface area contributed by atoms with Gasteiger partial charge in [-0.2, -0.15) is 0 Å². The number of hydrogen-bond acceptors (Lipinski definition) is 5. The van der Waals surface area contributed by atoms with Crippen LogP contribution in [-0.4, -0.2) is 32.2 Å². The van der Waals surface area contributed by atoms with Crippen LogP contribution < -0.4 is 0 Å². The van der Waals surface area contributed by atoms with Gasteiger partial charge in [0.25, 0.3) is 0 Å². The normalized spacial score (nSPS) is 10.7. The van der Waals surface area contributed by atoms with Gasteiger partial charge in [0.2, 0.25) is 5.16 Å². The van der Waals surface area contributed by atoms with E-state index < -0.39 is 0 Å². The second kappa shape index (κ2) is 5.19. The molecule has 1 N–H and O–H groups in total. The van der Waals surface area contributed by atoms with Crippen molar-refractivity contribution in [3.63, 3.8) is 0 Å². The summed E-state index contributed by atoms with van der Waals surface area (Å²) in [4.78, 5) is 18.8. The van der Waals surface area contributed by atoms with Crippen LogP contribution in [0.25, 0.3) is 22.2 Å². The molecule has 0 aliphatic carbocycles. The van der Waals surface area contributed by atoms with Gasteiger partial charge in [0.1, 0.15) is 6.29 Å². The number of benzene rings is 1. The van der Waals surface area contributed by atoms with Crippen LogP contribution in [0.2, 0.25) is 0 Å². The summed E-state index contributed by atoms with van der Waals surface area (Å²) in [6, 6.07) is 7.90. The van der Waals surface area contributed by atoms with Gasteiger partial charge in [0.15, 0.2) is 5.82 Å². The van der Waals surface area contributed by atoms with E-state index in [-0.39, 0.29) is 0 Å². The number of aromatic amines is 1. The summed E-state index contributed by atoms with van der Waals surface area (Å²) in [7, 11) is 0. The molecule has 19 heavy (non-hydrogen) atoms. The van der Waals surface area contributed by atoms with Crippen molar-refractivity contribution < 1.29 is 4.79 Å². The van der Waals surface area contributed by atoms with E-state index in [1.54, 1.807) is 6.20 Å². The van der Waals surface area contributed by atoms with E-state index in [0.29, 0.717) is 16.7 Å². The third-order valence-corrected chi connectivity index (χ3v) is 3.42. The summed E-state index contributed by atoms with van der Waals surface area (Å²) in [5, 5.41) is 9.70. The maximum absolute atomic E-state index is 10.3. The topological polar surface area (TPSA) is 71.5 Å². The molecule has 3 aromatic rings. The molecule has 3 rings (SSSR count). The van der Waals surface area contributed by atoms with Crippen LogP contribution >= 0.6 is 11.8 Å². The molecule has 2 heterocycles. The van der Waals surface area contributed by atoms with Crippen LogP contribution in [0.4, 0.5) is 0 Å². The Morgan fingerprint density at radius 2 is 2.26 bits per heavy atom. The lowest BCUT2D eigenvalue weighted by molar-refractivity contribution is -0.105. The first-order valence-electron chi connectivity index (χ1n) is 5.70. The van der Waals surface area contributed by atoms with Crippen molar-refractivity contribution in [1.82, 2.24) is 20.2 Å². The number of carbonyl (C=O) groups is 1. The fourth-order valence-electron chi connectivity index (χ4n) is 1.87. The van der Waals surface area contributed by atoms with Gasteiger partial charge in [-0.3, -0.25) is 10.1 Å². The van der Waals surface area contributed by atoms with Crippen LogP contribution in [0, 0.1) is 0 Å². The second-order valence-electron chi connectivity index (χ2n) is 3.85. The van der Waals surface area contributed by atoms with E-state index in [0.717, 1.165) is 22.6 Å². The first kappa shape index (κ1) is 11.9. The second-order valence-corrected chi connectivity index (χ2v) is 4.83. The Morgan fingerprint density at radius 1 is 1.32 bits per heavy atom. The molecule has 0 spiro atoms. The zero-order chi connectivity index (χ0) is 13.1. The van der Waals surface area contributed by atoms with E-state index in [2.05, 4.69) is 20.2 Å². The predicted octanol–water partition coefficient (Wildman–Crippen LogP) is 2.31. The van der Waals surface area contributed by atoms with Gasteiger partial charge < -0.3 is 4.79 Å². The molecule has 6 heteroatoms. The maximum atomic E-state index is 10.3. The molecule has 0 saturated heterocycles. The van der Waals surface area contributed by atoms with Crippen LogP contribution in [0.5, 0.6) is 0 Å². The Balaban J connectivity index is 2.04. The summed E-state index contributed by atoms with van der Waals surface area (Å²) in [6.45, 7) is 0. The van der Waals surface area contributed by atoms with Gasteiger partial charge in [-0.1, -0.05) is 30.0 Å². The molecule has 0 radical (unpaired) electrons. The highest BCUT2D eigenvalue weighted by Gasteiger charge is 2.09. The molecular formula is C13H10N4OS. The summed E-state index contributed by atoms with van der Waals surface area (Å²) in [5.41, 5.74) is 0.977. The smallest absolute Gasteiger partial charge is 0.209 e. The highest BCUT2D eigenvalue weighted by molar-refractivity contribution is 7.99. The van der Waals surface area contributed by atoms with Crippen molar-refractivity contribution in [3.8, 4) is 11.4 Å². The minimum absolute atomic E-state index is 0.358. The van der Waals surface area contributed by atoms with Crippen LogP contribution in [0.3, 0.4) is 0 Å². The lowest BCUT2D eigenvalue weighted by Gasteiger charge is -2.02. The number of carbonyl (C=O) groups excluding carboxylic acids is 1. The van der Waals surface area contributed by atoms with E-state index in [1.807, 2.05) is 30.5 Å². The molecule has 0 aliphatic rings. The number of thioether (sulfide) groups is 1. The Hall–Kier alpha value is -2.21. The van der Waals surface area contributed by atoms with Gasteiger partial charge in [0, 0.05) is 23.3 Å². The molecule has 0 unspecified atom stereocenters. The fraction of sp³-hybridized carbons (Fsp3) is 0.0769. The SMILES string of the molecule is O=CCSc1n[nH]c(-c2cccc3cnccc23)n1. The zero-order valence-electron chi connectivity index (χ0n) is 9.91. The Morgan fingerprint density at radius 3 is 3.16 bits per heavy atom. The Bertz CT molecular complexity index is 720. The van der Waals surface area contributed by atoms with Crippen molar-refractivity contribution in [2.75, 3.05) is 5.75 Å². The quantitative estimate of drug-likeness (QED) is 0.582. The van der Waals surface area contributed by atoms with Gasteiger partial charge in [-0.05, 0) is 11.5 Å². The number of nitrogens with zero attached hydrogens (tertiary/aromatic N) is 3. The van der Waals surface area contributed by atoms with Gasteiger partial charge in [-0.15, -0.1) is 5.10 Å². The first-order chi connectivity index (χ1) is 9.38. The lowest BCUT2D eigenvalue weighted by Crippen LogP contribution is -1.84. The molecule has 0 aliphatic heterocycles. The number of nitrogens with one attached hydrogen (secondary N) is 1. The molecule has 2 aromatic heterocycles. The average Bonchev–Trinajstić information content (AvgIpc) is 2.93. The van der Waals surface area contributed by atoms with Gasteiger partial charge in [-0.25, -0.2) is 4.98 Å². The van der Waals surface area contributed by atoms with Crippen molar-refractivity contribution in [3.05, 3.63) is 36.7 Å².